The average molecular weight is 320 g/mol. The zero-order valence-electron chi connectivity index (χ0n) is 11.1. The highest BCUT2D eigenvalue weighted by Gasteiger charge is 1.98. The Labute approximate surface area is 132 Å². The first-order valence-corrected chi connectivity index (χ1v) is 7.53. The van der Waals surface area contributed by atoms with Crippen molar-refractivity contribution >= 4 is 34.7 Å². The number of phenols is 1. The number of thioether (sulfide) groups is 1. The van der Waals surface area contributed by atoms with Crippen LogP contribution in [0.3, 0.4) is 0 Å². The monoisotopic (exact) mass is 319 g/mol. The van der Waals surface area contributed by atoms with E-state index in [4.69, 9.17) is 17.3 Å². The number of para-hydroxylation sites is 1. The number of halogens is 1. The highest BCUT2D eigenvalue weighted by atomic mass is 35.5. The largest absolute Gasteiger partial charge is 0.507 e. The molecule has 0 amide bonds. The summed E-state index contributed by atoms with van der Waals surface area (Å²) in [7, 11) is 0. The molecule has 0 saturated heterocycles. The molecule has 6 heteroatoms. The molecule has 2 rings (SSSR count). The van der Waals surface area contributed by atoms with Crippen LogP contribution in [0.4, 0.5) is 0 Å². The van der Waals surface area contributed by atoms with Gasteiger partial charge in [-0.15, -0.1) is 5.10 Å². The fraction of sp³-hybridized carbons (Fsp3) is 0.0667. The molecule has 0 heterocycles. The lowest BCUT2D eigenvalue weighted by molar-refractivity contribution is 0.474. The van der Waals surface area contributed by atoms with Crippen molar-refractivity contribution in [2.45, 2.75) is 5.75 Å². The first-order chi connectivity index (χ1) is 10.1. The van der Waals surface area contributed by atoms with Crippen molar-refractivity contribution in [2.24, 2.45) is 15.9 Å². The highest BCUT2D eigenvalue weighted by molar-refractivity contribution is 8.13. The predicted molar refractivity (Wildman–Crippen MR) is 90.1 cm³/mol. The van der Waals surface area contributed by atoms with E-state index in [9.17, 15) is 5.11 Å². The molecule has 0 aromatic heterocycles. The Morgan fingerprint density at radius 1 is 1.19 bits per heavy atom. The van der Waals surface area contributed by atoms with Gasteiger partial charge in [0.2, 0.25) is 0 Å². The molecule has 0 fully saturated rings. The lowest BCUT2D eigenvalue weighted by Gasteiger charge is -2.00. The van der Waals surface area contributed by atoms with Crippen LogP contribution in [-0.2, 0) is 5.75 Å². The van der Waals surface area contributed by atoms with Gasteiger partial charge in [-0.25, -0.2) is 0 Å². The fourth-order valence-corrected chi connectivity index (χ4v) is 2.25. The second-order valence-corrected chi connectivity index (χ2v) is 5.59. The first kappa shape index (κ1) is 15.4. The number of rotatable bonds is 4. The number of amidine groups is 1. The van der Waals surface area contributed by atoms with Gasteiger partial charge >= 0.3 is 0 Å². The van der Waals surface area contributed by atoms with E-state index in [0.29, 0.717) is 21.5 Å². The SMILES string of the molecule is N/C(=N\N=C\c1ccccc1O)SCc1ccc(Cl)cc1. The fourth-order valence-electron chi connectivity index (χ4n) is 1.51. The summed E-state index contributed by atoms with van der Waals surface area (Å²) >= 11 is 7.20. The Balaban J connectivity index is 1.89. The maximum atomic E-state index is 9.56. The molecular formula is C15H14ClN3OS. The van der Waals surface area contributed by atoms with Gasteiger partial charge in [0, 0.05) is 16.3 Å². The Morgan fingerprint density at radius 2 is 1.90 bits per heavy atom. The molecule has 0 spiro atoms. The summed E-state index contributed by atoms with van der Waals surface area (Å²) in [4.78, 5) is 0. The maximum Gasteiger partial charge on any atom is 0.180 e. The molecule has 21 heavy (non-hydrogen) atoms. The summed E-state index contributed by atoms with van der Waals surface area (Å²) in [6.07, 6.45) is 1.46. The normalized spacial score (nSPS) is 12.0. The van der Waals surface area contributed by atoms with E-state index < -0.39 is 0 Å². The minimum absolute atomic E-state index is 0.156. The summed E-state index contributed by atoms with van der Waals surface area (Å²) < 4.78 is 0. The second kappa shape index (κ2) is 7.71. The minimum Gasteiger partial charge on any atom is -0.507 e. The lowest BCUT2D eigenvalue weighted by atomic mass is 10.2. The summed E-state index contributed by atoms with van der Waals surface area (Å²) in [5.74, 6) is 0.849. The first-order valence-electron chi connectivity index (χ1n) is 6.17. The van der Waals surface area contributed by atoms with Crippen LogP contribution in [0.25, 0.3) is 0 Å². The number of hydrogen-bond donors (Lipinski definition) is 2. The van der Waals surface area contributed by atoms with Gasteiger partial charge in [-0.1, -0.05) is 47.6 Å². The van der Waals surface area contributed by atoms with Gasteiger partial charge in [-0.2, -0.15) is 5.10 Å². The molecule has 0 aliphatic heterocycles. The Morgan fingerprint density at radius 3 is 2.62 bits per heavy atom. The molecular weight excluding hydrogens is 306 g/mol. The van der Waals surface area contributed by atoms with Crippen molar-refractivity contribution in [3.63, 3.8) is 0 Å². The van der Waals surface area contributed by atoms with Crippen LogP contribution in [0.5, 0.6) is 5.75 Å². The molecule has 2 aromatic carbocycles. The smallest absolute Gasteiger partial charge is 0.180 e. The van der Waals surface area contributed by atoms with E-state index in [2.05, 4.69) is 10.2 Å². The number of benzene rings is 2. The van der Waals surface area contributed by atoms with Crippen molar-refractivity contribution < 1.29 is 5.11 Å². The van der Waals surface area contributed by atoms with Crippen LogP contribution >= 0.6 is 23.4 Å². The van der Waals surface area contributed by atoms with Crippen molar-refractivity contribution in [3.8, 4) is 5.75 Å². The maximum absolute atomic E-state index is 9.56. The third-order valence-electron chi connectivity index (χ3n) is 2.59. The summed E-state index contributed by atoms with van der Waals surface area (Å²) in [5.41, 5.74) is 7.46. The van der Waals surface area contributed by atoms with Crippen molar-refractivity contribution in [1.82, 2.24) is 0 Å². The second-order valence-electron chi connectivity index (χ2n) is 4.16. The summed E-state index contributed by atoms with van der Waals surface area (Å²) in [6.45, 7) is 0. The Hall–Kier alpha value is -1.98. The van der Waals surface area contributed by atoms with Gasteiger partial charge in [0.05, 0.1) is 6.21 Å². The average Bonchev–Trinajstić information content (AvgIpc) is 2.49. The molecule has 2 aromatic rings. The van der Waals surface area contributed by atoms with Crippen LogP contribution in [0.15, 0.2) is 58.7 Å². The molecule has 108 valence electrons. The Bertz CT molecular complexity index is 656. The van der Waals surface area contributed by atoms with Crippen molar-refractivity contribution in [1.29, 1.82) is 0 Å². The molecule has 0 saturated carbocycles. The highest BCUT2D eigenvalue weighted by Crippen LogP contribution is 2.16. The number of nitrogens with zero attached hydrogens (tertiary/aromatic N) is 2. The standard InChI is InChI=1S/C15H14ClN3OS/c16-13-7-5-11(6-8-13)10-21-15(17)19-18-9-12-3-1-2-4-14(12)20/h1-9,20H,10H2,(H2,17,19)/b18-9+. The molecule has 4 nitrogen and oxygen atoms in total. The zero-order chi connectivity index (χ0) is 15.1. The van der Waals surface area contributed by atoms with Gasteiger partial charge < -0.3 is 10.8 Å². The third-order valence-corrected chi connectivity index (χ3v) is 3.70. The van der Waals surface area contributed by atoms with Gasteiger partial charge in [0.15, 0.2) is 5.17 Å². The summed E-state index contributed by atoms with van der Waals surface area (Å²) in [5, 5.41) is 18.4. The summed E-state index contributed by atoms with van der Waals surface area (Å²) in [6, 6.07) is 14.4. The molecule has 0 aliphatic carbocycles. The lowest BCUT2D eigenvalue weighted by Crippen LogP contribution is -2.06. The van der Waals surface area contributed by atoms with E-state index in [1.165, 1.54) is 18.0 Å². The Kier molecular flexibility index (Phi) is 5.66. The molecule has 0 radical (unpaired) electrons. The third kappa shape index (κ3) is 5.13. The number of aromatic hydroxyl groups is 1. The van der Waals surface area contributed by atoms with Crippen LogP contribution < -0.4 is 5.73 Å². The van der Waals surface area contributed by atoms with E-state index in [-0.39, 0.29) is 5.75 Å². The van der Waals surface area contributed by atoms with Gasteiger partial charge in [0.25, 0.3) is 0 Å². The van der Waals surface area contributed by atoms with E-state index in [0.717, 1.165) is 5.56 Å². The van der Waals surface area contributed by atoms with Crippen LogP contribution in [0.1, 0.15) is 11.1 Å². The van der Waals surface area contributed by atoms with E-state index >= 15 is 0 Å². The molecule has 3 N–H and O–H groups in total. The van der Waals surface area contributed by atoms with Crippen LogP contribution in [0.2, 0.25) is 5.02 Å². The van der Waals surface area contributed by atoms with Crippen molar-refractivity contribution in [3.05, 3.63) is 64.7 Å². The molecule has 0 unspecified atom stereocenters. The molecule has 0 aliphatic rings. The van der Waals surface area contributed by atoms with Gasteiger partial charge in [-0.3, -0.25) is 0 Å². The zero-order valence-corrected chi connectivity index (χ0v) is 12.7. The van der Waals surface area contributed by atoms with Gasteiger partial charge in [-0.05, 0) is 29.8 Å². The number of phenolic OH excluding ortho intramolecular Hbond substituents is 1. The quantitative estimate of drug-likeness (QED) is 0.513. The van der Waals surface area contributed by atoms with Gasteiger partial charge in [0.1, 0.15) is 5.75 Å². The molecule has 0 bridgehead atoms. The van der Waals surface area contributed by atoms with E-state index in [1.807, 2.05) is 30.3 Å². The predicted octanol–water partition coefficient (Wildman–Crippen LogP) is 3.63. The van der Waals surface area contributed by atoms with Crippen LogP contribution in [0, 0.1) is 0 Å². The van der Waals surface area contributed by atoms with Crippen LogP contribution in [-0.4, -0.2) is 16.5 Å². The van der Waals surface area contributed by atoms with Crippen molar-refractivity contribution in [2.75, 3.05) is 0 Å². The molecule has 0 atom stereocenters. The minimum atomic E-state index is 0.156. The van der Waals surface area contributed by atoms with E-state index in [1.54, 1.807) is 18.2 Å². The number of nitrogens with two attached hydrogens (primary N) is 1. The topological polar surface area (TPSA) is 71.0 Å². The number of hydrogen-bond acceptors (Lipinski definition) is 4.